The van der Waals surface area contributed by atoms with E-state index in [2.05, 4.69) is 31.4 Å². The van der Waals surface area contributed by atoms with Gasteiger partial charge in [0.2, 0.25) is 0 Å². The second kappa shape index (κ2) is 6.80. The van der Waals surface area contributed by atoms with Gasteiger partial charge in [0, 0.05) is 21.5 Å². The Bertz CT molecular complexity index is 597. The molecule has 112 valence electrons. The van der Waals surface area contributed by atoms with Crippen molar-refractivity contribution in [1.29, 1.82) is 0 Å². The Morgan fingerprint density at radius 1 is 1.10 bits per heavy atom. The highest BCUT2D eigenvalue weighted by Crippen LogP contribution is 2.31. The van der Waals surface area contributed by atoms with Gasteiger partial charge in [-0.1, -0.05) is 67.4 Å². The molecule has 21 heavy (non-hydrogen) atoms. The maximum Gasteiger partial charge on any atom is 0.0439 e. The summed E-state index contributed by atoms with van der Waals surface area (Å²) in [5.74, 6) is 5.81. The van der Waals surface area contributed by atoms with Crippen LogP contribution in [0.15, 0.2) is 48.5 Å². The lowest BCUT2D eigenvalue weighted by atomic mass is 9.75. The van der Waals surface area contributed by atoms with E-state index >= 15 is 0 Å². The molecule has 0 heterocycles. The molecule has 2 aromatic rings. The van der Waals surface area contributed by atoms with Crippen molar-refractivity contribution in [1.82, 2.24) is 5.43 Å². The van der Waals surface area contributed by atoms with Gasteiger partial charge >= 0.3 is 0 Å². The van der Waals surface area contributed by atoms with Crippen LogP contribution in [-0.2, 0) is 11.8 Å². The quantitative estimate of drug-likeness (QED) is 0.634. The molecule has 4 heteroatoms. The monoisotopic (exact) mass is 322 g/mol. The van der Waals surface area contributed by atoms with Crippen molar-refractivity contribution >= 4 is 23.2 Å². The fourth-order valence-electron chi connectivity index (χ4n) is 2.51. The van der Waals surface area contributed by atoms with Crippen LogP contribution in [-0.4, -0.2) is 6.04 Å². The molecule has 2 nitrogen and oxygen atoms in total. The van der Waals surface area contributed by atoms with Gasteiger partial charge in [0.1, 0.15) is 0 Å². The first-order chi connectivity index (χ1) is 9.95. The summed E-state index contributed by atoms with van der Waals surface area (Å²) in [6.45, 7) is 4.34. The highest BCUT2D eigenvalue weighted by molar-refractivity contribution is 6.33. The molecule has 0 aliphatic rings. The summed E-state index contributed by atoms with van der Waals surface area (Å²) in [6, 6.07) is 15.9. The van der Waals surface area contributed by atoms with Crippen LogP contribution in [0.1, 0.15) is 25.0 Å². The van der Waals surface area contributed by atoms with Crippen molar-refractivity contribution in [2.75, 3.05) is 0 Å². The predicted molar refractivity (Wildman–Crippen MR) is 90.7 cm³/mol. The average Bonchev–Trinajstić information content (AvgIpc) is 2.48. The molecular formula is C17H20Cl2N2. The van der Waals surface area contributed by atoms with Gasteiger partial charge in [0.05, 0.1) is 0 Å². The highest BCUT2D eigenvalue weighted by atomic mass is 35.5. The average molecular weight is 323 g/mol. The fraction of sp³-hybridized carbons (Fsp3) is 0.294. The van der Waals surface area contributed by atoms with Crippen LogP contribution in [0, 0.1) is 0 Å². The van der Waals surface area contributed by atoms with E-state index in [1.807, 2.05) is 30.3 Å². The summed E-state index contributed by atoms with van der Waals surface area (Å²) in [5.41, 5.74) is 5.02. The van der Waals surface area contributed by atoms with E-state index in [0.29, 0.717) is 16.5 Å². The van der Waals surface area contributed by atoms with Crippen LogP contribution < -0.4 is 11.3 Å². The Balaban J connectivity index is 2.29. The van der Waals surface area contributed by atoms with Gasteiger partial charge in [-0.2, -0.15) is 0 Å². The van der Waals surface area contributed by atoms with Crippen LogP contribution in [0.25, 0.3) is 0 Å². The van der Waals surface area contributed by atoms with E-state index < -0.39 is 0 Å². The minimum absolute atomic E-state index is 0.0378. The van der Waals surface area contributed by atoms with E-state index in [4.69, 9.17) is 29.0 Å². The molecular weight excluding hydrogens is 303 g/mol. The third-order valence-electron chi connectivity index (χ3n) is 4.02. The SMILES string of the molecule is CC(C)(c1ccccc1)C(Cc1cc(Cl)ccc1Cl)NN. The van der Waals surface area contributed by atoms with Crippen molar-refractivity contribution in [3.05, 3.63) is 69.7 Å². The summed E-state index contributed by atoms with van der Waals surface area (Å²) in [4.78, 5) is 0. The first kappa shape index (κ1) is 16.3. The molecule has 2 rings (SSSR count). The van der Waals surface area contributed by atoms with Crippen molar-refractivity contribution in [2.45, 2.75) is 31.7 Å². The zero-order valence-corrected chi connectivity index (χ0v) is 13.7. The Morgan fingerprint density at radius 2 is 1.76 bits per heavy atom. The Labute approximate surface area is 136 Å². The predicted octanol–water partition coefficient (Wildman–Crippen LogP) is 4.35. The zero-order chi connectivity index (χ0) is 15.5. The maximum absolute atomic E-state index is 6.27. The van der Waals surface area contributed by atoms with E-state index in [0.717, 1.165) is 5.56 Å². The molecule has 3 N–H and O–H groups in total. The van der Waals surface area contributed by atoms with E-state index in [1.165, 1.54) is 5.56 Å². The number of hydrazine groups is 1. The van der Waals surface area contributed by atoms with Gasteiger partial charge in [-0.15, -0.1) is 0 Å². The van der Waals surface area contributed by atoms with Gasteiger partial charge in [-0.25, -0.2) is 0 Å². The lowest BCUT2D eigenvalue weighted by Crippen LogP contribution is -2.49. The Morgan fingerprint density at radius 3 is 2.38 bits per heavy atom. The molecule has 0 saturated heterocycles. The molecule has 0 radical (unpaired) electrons. The van der Waals surface area contributed by atoms with Crippen molar-refractivity contribution in [3.63, 3.8) is 0 Å². The molecule has 0 bridgehead atoms. The normalized spacial score (nSPS) is 13.2. The molecule has 2 aromatic carbocycles. The minimum atomic E-state index is -0.137. The smallest absolute Gasteiger partial charge is 0.0439 e. The molecule has 0 spiro atoms. The summed E-state index contributed by atoms with van der Waals surface area (Å²) in [5, 5.41) is 1.39. The van der Waals surface area contributed by atoms with Gasteiger partial charge in [-0.05, 0) is 35.7 Å². The van der Waals surface area contributed by atoms with Gasteiger partial charge in [0.15, 0.2) is 0 Å². The van der Waals surface area contributed by atoms with Gasteiger partial charge in [-0.3, -0.25) is 11.3 Å². The Kier molecular flexibility index (Phi) is 5.28. The van der Waals surface area contributed by atoms with Gasteiger partial charge < -0.3 is 0 Å². The molecule has 0 amide bonds. The number of rotatable bonds is 5. The molecule has 0 fully saturated rings. The first-order valence-corrected chi connectivity index (χ1v) is 7.66. The van der Waals surface area contributed by atoms with E-state index in [-0.39, 0.29) is 11.5 Å². The van der Waals surface area contributed by atoms with Crippen molar-refractivity contribution in [2.24, 2.45) is 5.84 Å². The molecule has 1 unspecified atom stereocenters. The van der Waals surface area contributed by atoms with E-state index in [9.17, 15) is 0 Å². The number of nitrogens with two attached hydrogens (primary N) is 1. The topological polar surface area (TPSA) is 38.0 Å². The van der Waals surface area contributed by atoms with E-state index in [1.54, 1.807) is 6.07 Å². The standard InChI is InChI=1S/C17H20Cl2N2/c1-17(2,13-6-4-3-5-7-13)16(21-20)11-12-10-14(18)8-9-15(12)19/h3-10,16,21H,11,20H2,1-2H3. The molecule has 0 aliphatic heterocycles. The summed E-state index contributed by atoms with van der Waals surface area (Å²) >= 11 is 12.3. The second-order valence-corrected chi connectivity index (χ2v) is 6.59. The molecule has 1 atom stereocenters. The molecule has 0 aliphatic carbocycles. The van der Waals surface area contributed by atoms with Crippen LogP contribution in [0.4, 0.5) is 0 Å². The summed E-state index contributed by atoms with van der Waals surface area (Å²) in [6.07, 6.45) is 0.706. The van der Waals surface area contributed by atoms with Crippen LogP contribution in [0.5, 0.6) is 0 Å². The molecule has 0 aromatic heterocycles. The Hall–Kier alpha value is -1.06. The summed E-state index contributed by atoms with van der Waals surface area (Å²) < 4.78 is 0. The van der Waals surface area contributed by atoms with Gasteiger partial charge in [0.25, 0.3) is 0 Å². The summed E-state index contributed by atoms with van der Waals surface area (Å²) in [7, 11) is 0. The lowest BCUT2D eigenvalue weighted by molar-refractivity contribution is 0.342. The fourth-order valence-corrected chi connectivity index (χ4v) is 2.90. The molecule has 0 saturated carbocycles. The number of benzene rings is 2. The van der Waals surface area contributed by atoms with Crippen molar-refractivity contribution in [3.8, 4) is 0 Å². The number of hydrogen-bond donors (Lipinski definition) is 2. The van der Waals surface area contributed by atoms with Crippen LogP contribution in [0.2, 0.25) is 10.0 Å². The third kappa shape index (κ3) is 3.78. The highest BCUT2D eigenvalue weighted by Gasteiger charge is 2.31. The number of hydrogen-bond acceptors (Lipinski definition) is 2. The maximum atomic E-state index is 6.27. The second-order valence-electron chi connectivity index (χ2n) is 5.75. The van der Waals surface area contributed by atoms with Crippen molar-refractivity contribution < 1.29 is 0 Å². The number of nitrogens with one attached hydrogen (secondary N) is 1. The minimum Gasteiger partial charge on any atom is -0.271 e. The zero-order valence-electron chi connectivity index (χ0n) is 12.2. The lowest BCUT2D eigenvalue weighted by Gasteiger charge is -2.35. The largest absolute Gasteiger partial charge is 0.271 e. The third-order valence-corrected chi connectivity index (χ3v) is 4.63. The van der Waals surface area contributed by atoms with Crippen LogP contribution in [0.3, 0.4) is 0 Å². The first-order valence-electron chi connectivity index (χ1n) is 6.90. The van der Waals surface area contributed by atoms with Crippen LogP contribution >= 0.6 is 23.2 Å². The number of halogens is 2.